The van der Waals surface area contributed by atoms with Crippen LogP contribution < -0.4 is 15.2 Å². The molecule has 0 fully saturated rings. The maximum absolute atomic E-state index is 13.9. The Bertz CT molecular complexity index is 705. The van der Waals surface area contributed by atoms with E-state index in [4.69, 9.17) is 15.2 Å². The number of ether oxygens (including phenoxy) is 2. The zero-order chi connectivity index (χ0) is 17.5. The molecule has 0 heterocycles. The zero-order valence-electron chi connectivity index (χ0n) is 12.7. The van der Waals surface area contributed by atoms with Gasteiger partial charge >= 0.3 is 0 Å². The van der Waals surface area contributed by atoms with E-state index < -0.39 is 23.1 Å². The van der Waals surface area contributed by atoms with Crippen LogP contribution in [0.3, 0.4) is 0 Å². The van der Waals surface area contributed by atoms with E-state index in [1.54, 1.807) is 0 Å². The maximum atomic E-state index is 13.9. The summed E-state index contributed by atoms with van der Waals surface area (Å²) in [4.78, 5) is 11.0. The fourth-order valence-corrected chi connectivity index (χ4v) is 1.98. The summed E-state index contributed by atoms with van der Waals surface area (Å²) in [5.74, 6) is -3.35. The van der Waals surface area contributed by atoms with Crippen molar-refractivity contribution in [3.63, 3.8) is 0 Å². The molecule has 0 spiro atoms. The van der Waals surface area contributed by atoms with Crippen molar-refractivity contribution in [1.82, 2.24) is 0 Å². The van der Waals surface area contributed by atoms with Crippen molar-refractivity contribution in [2.45, 2.75) is 12.8 Å². The molecule has 0 aliphatic rings. The van der Waals surface area contributed by atoms with Gasteiger partial charge in [0, 0.05) is 0 Å². The average molecular weight is 339 g/mol. The number of carbonyl (C=O) groups excluding carboxylic acids is 1. The highest BCUT2D eigenvalue weighted by molar-refractivity contribution is 5.93. The quantitative estimate of drug-likeness (QED) is 0.750. The van der Waals surface area contributed by atoms with Crippen LogP contribution in [-0.4, -0.2) is 19.1 Å². The van der Waals surface area contributed by atoms with Crippen LogP contribution >= 0.6 is 0 Å². The van der Waals surface area contributed by atoms with Crippen molar-refractivity contribution < 1.29 is 27.4 Å². The molecular weight excluding hydrogens is 323 g/mol. The maximum Gasteiger partial charge on any atom is 0.254 e. The van der Waals surface area contributed by atoms with E-state index in [0.717, 1.165) is 12.1 Å². The highest BCUT2D eigenvalue weighted by Gasteiger charge is 2.19. The smallest absolute Gasteiger partial charge is 0.254 e. The summed E-state index contributed by atoms with van der Waals surface area (Å²) in [5, 5.41) is 0. The molecule has 0 aliphatic heterocycles. The predicted molar refractivity (Wildman–Crippen MR) is 81.5 cm³/mol. The molecule has 4 nitrogen and oxygen atoms in total. The first-order valence-corrected chi connectivity index (χ1v) is 7.28. The van der Waals surface area contributed by atoms with E-state index in [0.29, 0.717) is 25.2 Å². The number of carbonyl (C=O) groups is 1. The van der Waals surface area contributed by atoms with Crippen molar-refractivity contribution in [3.8, 4) is 11.5 Å². The van der Waals surface area contributed by atoms with Crippen molar-refractivity contribution in [1.29, 1.82) is 0 Å². The molecule has 0 saturated heterocycles. The summed E-state index contributed by atoms with van der Waals surface area (Å²) in [6, 6.07) is 7.66. The summed E-state index contributed by atoms with van der Waals surface area (Å²) >= 11 is 0. The lowest BCUT2D eigenvalue weighted by molar-refractivity contribution is 0.0991. The van der Waals surface area contributed by atoms with E-state index in [9.17, 15) is 18.0 Å². The minimum atomic E-state index is -1.19. The summed E-state index contributed by atoms with van der Waals surface area (Å²) in [7, 11) is 0. The van der Waals surface area contributed by atoms with Gasteiger partial charge in [-0.3, -0.25) is 4.79 Å². The van der Waals surface area contributed by atoms with Crippen LogP contribution in [0.25, 0.3) is 0 Å². The molecule has 24 heavy (non-hydrogen) atoms. The Balaban J connectivity index is 1.75. The standard InChI is InChI=1S/C17H16F3NO3/c18-11-3-5-12(6-4-11)23-9-1-2-10-24-14-8-7-13(19)15(16(14)20)17(21)22/h3-8H,1-2,9-10H2,(H2,21,22). The van der Waals surface area contributed by atoms with Crippen molar-refractivity contribution >= 4 is 5.91 Å². The molecule has 1 amide bonds. The Hall–Kier alpha value is -2.70. The Morgan fingerprint density at radius 2 is 1.54 bits per heavy atom. The molecule has 128 valence electrons. The predicted octanol–water partition coefficient (Wildman–Crippen LogP) is 3.44. The van der Waals surface area contributed by atoms with Crippen LogP contribution in [0.5, 0.6) is 11.5 Å². The highest BCUT2D eigenvalue weighted by atomic mass is 19.1. The molecule has 0 atom stereocenters. The number of hydrogen-bond donors (Lipinski definition) is 1. The number of nitrogens with two attached hydrogens (primary N) is 1. The van der Waals surface area contributed by atoms with Crippen LogP contribution in [0.4, 0.5) is 13.2 Å². The second-order valence-electron chi connectivity index (χ2n) is 4.96. The van der Waals surface area contributed by atoms with Gasteiger partial charge < -0.3 is 15.2 Å². The van der Waals surface area contributed by atoms with Gasteiger partial charge in [0.2, 0.25) is 0 Å². The van der Waals surface area contributed by atoms with Gasteiger partial charge in [0.25, 0.3) is 5.91 Å². The monoisotopic (exact) mass is 339 g/mol. The second kappa shape index (κ2) is 8.24. The first kappa shape index (κ1) is 17.7. The van der Waals surface area contributed by atoms with Gasteiger partial charge in [-0.1, -0.05) is 0 Å². The molecule has 0 aliphatic carbocycles. The van der Waals surface area contributed by atoms with Crippen molar-refractivity contribution in [2.75, 3.05) is 13.2 Å². The van der Waals surface area contributed by atoms with Gasteiger partial charge in [0.1, 0.15) is 22.9 Å². The zero-order valence-corrected chi connectivity index (χ0v) is 12.7. The molecule has 0 aromatic heterocycles. The number of hydrogen-bond acceptors (Lipinski definition) is 3. The van der Waals surface area contributed by atoms with Gasteiger partial charge in [-0.25, -0.2) is 13.2 Å². The molecule has 2 aromatic rings. The lowest BCUT2D eigenvalue weighted by Gasteiger charge is -2.10. The molecule has 0 saturated carbocycles. The first-order valence-electron chi connectivity index (χ1n) is 7.28. The molecule has 2 N–H and O–H groups in total. The van der Waals surface area contributed by atoms with Gasteiger partial charge in [-0.05, 0) is 49.2 Å². The largest absolute Gasteiger partial charge is 0.494 e. The summed E-state index contributed by atoms with van der Waals surface area (Å²) < 4.78 is 50.5. The number of unbranched alkanes of at least 4 members (excludes halogenated alkanes) is 1. The van der Waals surface area contributed by atoms with Gasteiger partial charge in [-0.2, -0.15) is 0 Å². The lowest BCUT2D eigenvalue weighted by Crippen LogP contribution is -2.16. The molecule has 0 unspecified atom stereocenters. The minimum Gasteiger partial charge on any atom is -0.494 e. The first-order chi connectivity index (χ1) is 11.5. The Kier molecular flexibility index (Phi) is 6.06. The van der Waals surface area contributed by atoms with Gasteiger partial charge in [-0.15, -0.1) is 0 Å². The van der Waals surface area contributed by atoms with Crippen LogP contribution in [0, 0.1) is 17.5 Å². The van der Waals surface area contributed by atoms with E-state index >= 15 is 0 Å². The van der Waals surface area contributed by atoms with Gasteiger partial charge in [0.05, 0.1) is 13.2 Å². The third-order valence-electron chi connectivity index (χ3n) is 3.18. The van der Waals surface area contributed by atoms with E-state index in [1.807, 2.05) is 0 Å². The van der Waals surface area contributed by atoms with Crippen molar-refractivity contribution in [2.24, 2.45) is 5.73 Å². The number of halogens is 3. The lowest BCUT2D eigenvalue weighted by atomic mass is 10.1. The molecule has 2 rings (SSSR count). The summed E-state index contributed by atoms with van der Waals surface area (Å²) in [6.07, 6.45) is 1.16. The third-order valence-corrected chi connectivity index (χ3v) is 3.18. The van der Waals surface area contributed by atoms with Crippen LogP contribution in [-0.2, 0) is 0 Å². The van der Waals surface area contributed by atoms with Crippen molar-refractivity contribution in [3.05, 3.63) is 59.4 Å². The fourth-order valence-electron chi connectivity index (χ4n) is 1.98. The molecule has 0 radical (unpaired) electrons. The molecule has 2 aromatic carbocycles. The molecular formula is C17H16F3NO3. The number of rotatable bonds is 8. The van der Waals surface area contributed by atoms with Crippen LogP contribution in [0.2, 0.25) is 0 Å². The Labute approximate surface area is 137 Å². The molecule has 0 bridgehead atoms. The van der Waals surface area contributed by atoms with Gasteiger partial charge in [0.15, 0.2) is 11.6 Å². The number of benzene rings is 2. The molecule has 7 heteroatoms. The minimum absolute atomic E-state index is 0.160. The fraction of sp³-hybridized carbons (Fsp3) is 0.235. The summed E-state index contributed by atoms with van der Waals surface area (Å²) in [6.45, 7) is 0.543. The van der Waals surface area contributed by atoms with E-state index in [1.165, 1.54) is 24.3 Å². The normalized spacial score (nSPS) is 10.5. The topological polar surface area (TPSA) is 61.6 Å². The van der Waals surface area contributed by atoms with E-state index in [2.05, 4.69) is 0 Å². The average Bonchev–Trinajstić information content (AvgIpc) is 2.54. The van der Waals surface area contributed by atoms with Crippen LogP contribution in [0.15, 0.2) is 36.4 Å². The van der Waals surface area contributed by atoms with Crippen LogP contribution in [0.1, 0.15) is 23.2 Å². The van der Waals surface area contributed by atoms with E-state index in [-0.39, 0.29) is 18.2 Å². The highest BCUT2D eigenvalue weighted by Crippen LogP contribution is 2.23. The number of primary amides is 1. The second-order valence-corrected chi connectivity index (χ2v) is 4.96. The SMILES string of the molecule is NC(=O)c1c(F)ccc(OCCCCOc2ccc(F)cc2)c1F. The number of amides is 1. The Morgan fingerprint density at radius 1 is 0.917 bits per heavy atom. The third kappa shape index (κ3) is 4.65. The Morgan fingerprint density at radius 3 is 2.17 bits per heavy atom. The summed E-state index contributed by atoms with van der Waals surface area (Å²) in [5.41, 5.74) is 4.12.